The van der Waals surface area contributed by atoms with Crippen LogP contribution in [0.5, 0.6) is 0 Å². The van der Waals surface area contributed by atoms with Gasteiger partial charge in [-0.15, -0.1) is 0 Å². The molecule has 0 aliphatic rings. The molecule has 1 N–H and O–H groups in total. The quantitative estimate of drug-likeness (QED) is 0.891. The maximum absolute atomic E-state index is 12.4. The zero-order valence-electron chi connectivity index (χ0n) is 10.3. The standard InChI is InChI=1S/C12H16BrF3N2/c1-3-18(8-12(14,15)16)10-5-4-9(7-17-2)11(13)6-10/h4-6,17H,3,7-8H2,1-2H3. The molecule has 0 aliphatic carbocycles. The third-order valence-corrected chi connectivity index (χ3v) is 3.26. The Kier molecular flexibility index (Phi) is 5.47. The topological polar surface area (TPSA) is 15.3 Å². The van der Waals surface area contributed by atoms with Crippen molar-refractivity contribution in [3.63, 3.8) is 0 Å². The molecule has 1 rings (SSSR count). The second kappa shape index (κ2) is 6.43. The fourth-order valence-corrected chi connectivity index (χ4v) is 2.18. The van der Waals surface area contributed by atoms with Gasteiger partial charge < -0.3 is 10.2 Å². The second-order valence-electron chi connectivity index (χ2n) is 3.94. The maximum Gasteiger partial charge on any atom is 0.405 e. The van der Waals surface area contributed by atoms with Crippen LogP contribution in [0.25, 0.3) is 0 Å². The number of anilines is 1. The van der Waals surface area contributed by atoms with Crippen molar-refractivity contribution in [2.75, 3.05) is 25.0 Å². The van der Waals surface area contributed by atoms with Crippen LogP contribution < -0.4 is 10.2 Å². The lowest BCUT2D eigenvalue weighted by molar-refractivity contribution is -0.119. The molecule has 0 atom stereocenters. The lowest BCUT2D eigenvalue weighted by Crippen LogP contribution is -2.34. The SMILES string of the molecule is CCN(CC(F)(F)F)c1ccc(CNC)c(Br)c1. The van der Waals surface area contributed by atoms with Gasteiger partial charge in [0, 0.05) is 23.2 Å². The van der Waals surface area contributed by atoms with Crippen molar-refractivity contribution in [1.82, 2.24) is 5.32 Å². The first-order valence-electron chi connectivity index (χ1n) is 5.62. The van der Waals surface area contributed by atoms with Crippen LogP contribution in [0, 0.1) is 0 Å². The van der Waals surface area contributed by atoms with E-state index in [2.05, 4.69) is 21.2 Å². The number of nitrogens with zero attached hydrogens (tertiary/aromatic N) is 1. The van der Waals surface area contributed by atoms with Crippen LogP contribution in [0.15, 0.2) is 22.7 Å². The fourth-order valence-electron chi connectivity index (χ4n) is 1.67. The van der Waals surface area contributed by atoms with E-state index in [0.29, 0.717) is 18.8 Å². The summed E-state index contributed by atoms with van der Waals surface area (Å²) in [5.74, 6) is 0. The van der Waals surface area contributed by atoms with Crippen molar-refractivity contribution in [2.24, 2.45) is 0 Å². The summed E-state index contributed by atoms with van der Waals surface area (Å²) < 4.78 is 38.1. The number of rotatable bonds is 5. The van der Waals surface area contributed by atoms with Gasteiger partial charge in [0.1, 0.15) is 6.54 Å². The highest BCUT2D eigenvalue weighted by Crippen LogP contribution is 2.26. The lowest BCUT2D eigenvalue weighted by Gasteiger charge is -2.25. The summed E-state index contributed by atoms with van der Waals surface area (Å²) >= 11 is 3.38. The number of halogens is 4. The molecule has 0 amide bonds. The van der Waals surface area contributed by atoms with Crippen LogP contribution in [-0.2, 0) is 6.54 Å². The van der Waals surface area contributed by atoms with Crippen LogP contribution in [-0.4, -0.2) is 26.3 Å². The monoisotopic (exact) mass is 324 g/mol. The summed E-state index contributed by atoms with van der Waals surface area (Å²) in [6, 6.07) is 5.27. The Bertz CT molecular complexity index is 393. The third-order valence-electron chi connectivity index (χ3n) is 2.52. The normalized spacial score (nSPS) is 11.7. The molecular formula is C12H16BrF3N2. The molecule has 1 aromatic carbocycles. The Balaban J connectivity index is 2.90. The van der Waals surface area contributed by atoms with Crippen molar-refractivity contribution in [3.05, 3.63) is 28.2 Å². The minimum atomic E-state index is -4.19. The Labute approximate surface area is 113 Å². The number of nitrogens with one attached hydrogen (secondary N) is 1. The smallest absolute Gasteiger partial charge is 0.363 e. The number of alkyl halides is 3. The minimum Gasteiger partial charge on any atom is -0.363 e. The van der Waals surface area contributed by atoms with E-state index in [9.17, 15) is 13.2 Å². The molecule has 18 heavy (non-hydrogen) atoms. The van der Waals surface area contributed by atoms with Crippen molar-refractivity contribution in [3.8, 4) is 0 Å². The number of hydrogen-bond donors (Lipinski definition) is 1. The molecule has 0 aromatic heterocycles. The zero-order chi connectivity index (χ0) is 13.8. The van der Waals surface area contributed by atoms with Crippen molar-refractivity contribution in [2.45, 2.75) is 19.6 Å². The molecule has 0 aliphatic heterocycles. The van der Waals surface area contributed by atoms with Gasteiger partial charge in [-0.1, -0.05) is 22.0 Å². The van der Waals surface area contributed by atoms with Crippen LogP contribution in [0.1, 0.15) is 12.5 Å². The van der Waals surface area contributed by atoms with Gasteiger partial charge in [-0.05, 0) is 31.7 Å². The van der Waals surface area contributed by atoms with Crippen LogP contribution >= 0.6 is 15.9 Å². The molecule has 0 saturated carbocycles. The van der Waals surface area contributed by atoms with E-state index in [1.165, 1.54) is 4.90 Å². The van der Waals surface area contributed by atoms with Gasteiger partial charge in [-0.2, -0.15) is 13.2 Å². The molecule has 0 fully saturated rings. The van der Waals surface area contributed by atoms with E-state index in [1.54, 1.807) is 19.1 Å². The van der Waals surface area contributed by atoms with Gasteiger partial charge in [-0.25, -0.2) is 0 Å². The third kappa shape index (κ3) is 4.49. The maximum atomic E-state index is 12.4. The van der Waals surface area contributed by atoms with E-state index >= 15 is 0 Å². The van der Waals surface area contributed by atoms with Crippen molar-refractivity contribution < 1.29 is 13.2 Å². The molecule has 102 valence electrons. The van der Waals surface area contributed by atoms with E-state index in [1.807, 2.05) is 13.1 Å². The fraction of sp³-hybridized carbons (Fsp3) is 0.500. The first-order chi connectivity index (χ1) is 8.37. The molecular weight excluding hydrogens is 309 g/mol. The molecule has 0 heterocycles. The molecule has 2 nitrogen and oxygen atoms in total. The molecule has 0 radical (unpaired) electrons. The largest absolute Gasteiger partial charge is 0.405 e. The van der Waals surface area contributed by atoms with E-state index in [-0.39, 0.29) is 0 Å². The lowest BCUT2D eigenvalue weighted by atomic mass is 10.2. The Morgan fingerprint density at radius 1 is 1.33 bits per heavy atom. The van der Waals surface area contributed by atoms with Crippen LogP contribution in [0.2, 0.25) is 0 Å². The number of benzene rings is 1. The summed E-state index contributed by atoms with van der Waals surface area (Å²) in [5.41, 5.74) is 1.59. The molecule has 0 saturated heterocycles. The van der Waals surface area contributed by atoms with Gasteiger partial charge in [0.25, 0.3) is 0 Å². The summed E-state index contributed by atoms with van der Waals surface area (Å²) in [6.45, 7) is 1.77. The second-order valence-corrected chi connectivity index (χ2v) is 4.79. The highest BCUT2D eigenvalue weighted by Gasteiger charge is 2.30. The first-order valence-corrected chi connectivity index (χ1v) is 6.41. The van der Waals surface area contributed by atoms with Crippen molar-refractivity contribution >= 4 is 21.6 Å². The molecule has 0 bridgehead atoms. The van der Waals surface area contributed by atoms with Gasteiger partial charge in [0.2, 0.25) is 0 Å². The predicted octanol–water partition coefficient (Wildman–Crippen LogP) is 3.56. The molecule has 6 heteroatoms. The Morgan fingerprint density at radius 2 is 2.00 bits per heavy atom. The first kappa shape index (κ1) is 15.3. The van der Waals surface area contributed by atoms with Crippen LogP contribution in [0.4, 0.5) is 18.9 Å². The van der Waals surface area contributed by atoms with E-state index in [4.69, 9.17) is 0 Å². The highest BCUT2D eigenvalue weighted by atomic mass is 79.9. The Hall–Kier alpha value is -0.750. The summed E-state index contributed by atoms with van der Waals surface area (Å²) in [7, 11) is 1.82. The van der Waals surface area contributed by atoms with Crippen molar-refractivity contribution in [1.29, 1.82) is 0 Å². The molecule has 1 aromatic rings. The average Bonchev–Trinajstić information content (AvgIpc) is 2.28. The molecule has 0 spiro atoms. The van der Waals surface area contributed by atoms with Crippen LogP contribution in [0.3, 0.4) is 0 Å². The summed E-state index contributed by atoms with van der Waals surface area (Å²) in [5, 5.41) is 3.00. The van der Waals surface area contributed by atoms with Gasteiger partial charge >= 0.3 is 6.18 Å². The van der Waals surface area contributed by atoms with E-state index < -0.39 is 12.7 Å². The molecule has 0 unspecified atom stereocenters. The van der Waals surface area contributed by atoms with E-state index in [0.717, 1.165) is 10.0 Å². The van der Waals surface area contributed by atoms with Gasteiger partial charge in [0.15, 0.2) is 0 Å². The minimum absolute atomic E-state index is 0.317. The Morgan fingerprint density at radius 3 is 2.44 bits per heavy atom. The predicted molar refractivity (Wildman–Crippen MR) is 70.8 cm³/mol. The highest BCUT2D eigenvalue weighted by molar-refractivity contribution is 9.10. The zero-order valence-corrected chi connectivity index (χ0v) is 11.9. The summed E-state index contributed by atoms with van der Waals surface area (Å²) in [4.78, 5) is 1.30. The summed E-state index contributed by atoms with van der Waals surface area (Å²) in [6.07, 6.45) is -4.19. The number of hydrogen-bond acceptors (Lipinski definition) is 2. The van der Waals surface area contributed by atoms with Gasteiger partial charge in [0.05, 0.1) is 0 Å². The van der Waals surface area contributed by atoms with Gasteiger partial charge in [-0.3, -0.25) is 0 Å². The average molecular weight is 325 g/mol.